The summed E-state index contributed by atoms with van der Waals surface area (Å²) in [5.74, 6) is -0.447. The zero-order valence-corrected chi connectivity index (χ0v) is 6.65. The molecule has 1 atom stereocenters. The molecule has 1 heterocycles. The summed E-state index contributed by atoms with van der Waals surface area (Å²) < 4.78 is 4.39. The van der Waals surface area contributed by atoms with Crippen LogP contribution in [-0.4, -0.2) is 28.2 Å². The Balaban J connectivity index is 2.49. The van der Waals surface area contributed by atoms with Crippen LogP contribution in [0.15, 0.2) is 12.5 Å². The van der Waals surface area contributed by atoms with E-state index in [0.717, 1.165) is 0 Å². The van der Waals surface area contributed by atoms with Crippen LogP contribution in [0, 0.1) is 0 Å². The molecule has 2 N–H and O–H groups in total. The fourth-order valence-electron chi connectivity index (χ4n) is 0.800. The van der Waals surface area contributed by atoms with Gasteiger partial charge in [-0.2, -0.15) is 0 Å². The predicted octanol–water partition coefficient (Wildman–Crippen LogP) is 0.00620. The Bertz CT molecular complexity index is 245. The number of aromatic nitrogens is 2. The van der Waals surface area contributed by atoms with Gasteiger partial charge in [0.15, 0.2) is 0 Å². The molecule has 0 saturated carbocycles. The van der Waals surface area contributed by atoms with Crippen LogP contribution in [-0.2, 0) is 9.53 Å². The molecule has 66 valence electrons. The molecule has 1 rings (SSSR count). The molecular formula is C7H10N2O3. The van der Waals surface area contributed by atoms with E-state index < -0.39 is 12.1 Å². The first kappa shape index (κ1) is 8.73. The summed E-state index contributed by atoms with van der Waals surface area (Å²) in [6, 6.07) is 0. The third kappa shape index (κ3) is 2.06. The Morgan fingerprint density at radius 3 is 3.17 bits per heavy atom. The lowest BCUT2D eigenvalue weighted by atomic mass is 10.2. The zero-order chi connectivity index (χ0) is 8.97. The Kier molecular flexibility index (Phi) is 2.82. The van der Waals surface area contributed by atoms with Gasteiger partial charge >= 0.3 is 5.97 Å². The van der Waals surface area contributed by atoms with Crippen molar-refractivity contribution in [1.29, 1.82) is 0 Å². The maximum absolute atomic E-state index is 10.7. The number of H-pyrrole nitrogens is 1. The predicted molar refractivity (Wildman–Crippen MR) is 40.2 cm³/mol. The van der Waals surface area contributed by atoms with Crippen molar-refractivity contribution in [2.75, 3.05) is 7.11 Å². The maximum Gasteiger partial charge on any atom is 0.308 e. The van der Waals surface area contributed by atoms with E-state index in [1.807, 2.05) is 0 Å². The van der Waals surface area contributed by atoms with Crippen LogP contribution >= 0.6 is 0 Å². The van der Waals surface area contributed by atoms with E-state index in [9.17, 15) is 9.90 Å². The molecule has 1 aromatic rings. The molecule has 0 unspecified atom stereocenters. The number of methoxy groups -OCH3 is 1. The summed E-state index contributed by atoms with van der Waals surface area (Å²) >= 11 is 0. The number of rotatable bonds is 3. The first-order valence-corrected chi connectivity index (χ1v) is 3.47. The van der Waals surface area contributed by atoms with Crippen molar-refractivity contribution in [3.63, 3.8) is 0 Å². The highest BCUT2D eigenvalue weighted by molar-refractivity contribution is 5.69. The summed E-state index contributed by atoms with van der Waals surface area (Å²) in [4.78, 5) is 17.1. The lowest BCUT2D eigenvalue weighted by Crippen LogP contribution is -2.08. The minimum atomic E-state index is -0.861. The molecule has 1 aromatic heterocycles. The number of ether oxygens (including phenoxy) is 1. The van der Waals surface area contributed by atoms with Gasteiger partial charge in [0, 0.05) is 0 Å². The second-order valence-electron chi connectivity index (χ2n) is 2.30. The van der Waals surface area contributed by atoms with Gasteiger partial charge in [-0.3, -0.25) is 4.79 Å². The smallest absolute Gasteiger partial charge is 0.308 e. The number of carbonyl (C=O) groups excluding carboxylic acids is 1. The number of carbonyl (C=O) groups is 1. The van der Waals surface area contributed by atoms with E-state index in [4.69, 9.17) is 0 Å². The molecule has 0 saturated heterocycles. The summed E-state index contributed by atoms with van der Waals surface area (Å²) in [6.45, 7) is 0. The van der Waals surface area contributed by atoms with Gasteiger partial charge in [0.2, 0.25) is 0 Å². The lowest BCUT2D eigenvalue weighted by molar-refractivity contribution is -0.142. The molecule has 0 aliphatic rings. The molecule has 0 bridgehead atoms. The highest BCUT2D eigenvalue weighted by Gasteiger charge is 2.13. The second-order valence-corrected chi connectivity index (χ2v) is 2.30. The van der Waals surface area contributed by atoms with E-state index in [1.165, 1.54) is 19.6 Å². The molecule has 0 aliphatic heterocycles. The molecule has 12 heavy (non-hydrogen) atoms. The van der Waals surface area contributed by atoms with Gasteiger partial charge in [0.1, 0.15) is 6.10 Å². The van der Waals surface area contributed by atoms with Crippen molar-refractivity contribution in [2.24, 2.45) is 0 Å². The molecule has 5 heteroatoms. The number of hydrogen-bond donors (Lipinski definition) is 2. The minimum Gasteiger partial charge on any atom is -0.469 e. The monoisotopic (exact) mass is 170 g/mol. The summed E-state index contributed by atoms with van der Waals surface area (Å²) in [5, 5.41) is 9.34. The van der Waals surface area contributed by atoms with E-state index in [-0.39, 0.29) is 6.42 Å². The number of aliphatic hydroxyl groups excluding tert-OH is 1. The Morgan fingerprint density at radius 1 is 1.92 bits per heavy atom. The van der Waals surface area contributed by atoms with Gasteiger partial charge in [-0.15, -0.1) is 0 Å². The largest absolute Gasteiger partial charge is 0.469 e. The summed E-state index contributed by atoms with van der Waals surface area (Å²) in [7, 11) is 1.28. The molecule has 0 spiro atoms. The normalized spacial score (nSPS) is 12.5. The number of esters is 1. The van der Waals surface area contributed by atoms with Gasteiger partial charge in [-0.1, -0.05) is 0 Å². The molecule has 0 radical (unpaired) electrons. The van der Waals surface area contributed by atoms with Crippen LogP contribution in [0.5, 0.6) is 0 Å². The quantitative estimate of drug-likeness (QED) is 0.626. The number of nitrogens with one attached hydrogen (secondary N) is 1. The Labute approximate surface area is 69.4 Å². The molecule has 0 aromatic carbocycles. The van der Waals surface area contributed by atoms with Crippen LogP contribution in [0.25, 0.3) is 0 Å². The molecular weight excluding hydrogens is 160 g/mol. The third-order valence-electron chi connectivity index (χ3n) is 1.47. The van der Waals surface area contributed by atoms with Gasteiger partial charge in [-0.05, 0) is 0 Å². The fourth-order valence-corrected chi connectivity index (χ4v) is 0.800. The second kappa shape index (κ2) is 3.87. The summed E-state index contributed by atoms with van der Waals surface area (Å²) in [5.41, 5.74) is 0.514. The number of aliphatic hydroxyl groups is 1. The minimum absolute atomic E-state index is 0.0569. The topological polar surface area (TPSA) is 75.2 Å². The first-order chi connectivity index (χ1) is 5.74. The van der Waals surface area contributed by atoms with Gasteiger partial charge < -0.3 is 14.8 Å². The number of aromatic amines is 1. The Hall–Kier alpha value is -1.36. The lowest BCUT2D eigenvalue weighted by Gasteiger charge is -2.05. The van der Waals surface area contributed by atoms with Gasteiger partial charge in [-0.25, -0.2) is 4.98 Å². The number of hydrogen-bond acceptors (Lipinski definition) is 4. The average molecular weight is 170 g/mol. The third-order valence-corrected chi connectivity index (χ3v) is 1.47. The standard InChI is InChI=1S/C7H10N2O3/c1-12-7(11)2-6(10)5-3-8-4-9-5/h3-4,6,10H,2H2,1H3,(H,8,9)/t6-/m1/s1. The van der Waals surface area contributed by atoms with Crippen LogP contribution < -0.4 is 0 Å². The highest BCUT2D eigenvalue weighted by atomic mass is 16.5. The number of imidazole rings is 1. The van der Waals surface area contributed by atoms with Gasteiger partial charge in [0.05, 0.1) is 31.7 Å². The number of nitrogens with zero attached hydrogens (tertiary/aromatic N) is 1. The average Bonchev–Trinajstić information content (AvgIpc) is 2.56. The highest BCUT2D eigenvalue weighted by Crippen LogP contribution is 2.12. The van der Waals surface area contributed by atoms with Crippen molar-refractivity contribution in [1.82, 2.24) is 9.97 Å². The molecule has 5 nitrogen and oxygen atoms in total. The zero-order valence-electron chi connectivity index (χ0n) is 6.65. The van der Waals surface area contributed by atoms with E-state index in [2.05, 4.69) is 14.7 Å². The van der Waals surface area contributed by atoms with Crippen molar-refractivity contribution < 1.29 is 14.6 Å². The van der Waals surface area contributed by atoms with Crippen LogP contribution in [0.3, 0.4) is 0 Å². The van der Waals surface area contributed by atoms with Crippen molar-refractivity contribution in [3.8, 4) is 0 Å². The molecule has 0 amide bonds. The summed E-state index contributed by atoms with van der Waals surface area (Å²) in [6.07, 6.45) is 1.99. The molecule has 0 fully saturated rings. The van der Waals surface area contributed by atoms with Crippen LogP contribution in [0.4, 0.5) is 0 Å². The van der Waals surface area contributed by atoms with E-state index in [0.29, 0.717) is 5.69 Å². The van der Waals surface area contributed by atoms with E-state index >= 15 is 0 Å². The van der Waals surface area contributed by atoms with Gasteiger partial charge in [0.25, 0.3) is 0 Å². The van der Waals surface area contributed by atoms with Crippen molar-refractivity contribution in [2.45, 2.75) is 12.5 Å². The SMILES string of the molecule is COC(=O)C[C@@H](O)c1cnc[nH]1. The fraction of sp³-hybridized carbons (Fsp3) is 0.429. The van der Waals surface area contributed by atoms with Crippen LogP contribution in [0.2, 0.25) is 0 Å². The maximum atomic E-state index is 10.7. The van der Waals surface area contributed by atoms with Crippen LogP contribution in [0.1, 0.15) is 18.2 Å². The van der Waals surface area contributed by atoms with E-state index in [1.54, 1.807) is 0 Å². The van der Waals surface area contributed by atoms with Crippen molar-refractivity contribution >= 4 is 5.97 Å². The molecule has 0 aliphatic carbocycles. The Morgan fingerprint density at radius 2 is 2.67 bits per heavy atom. The van der Waals surface area contributed by atoms with Crippen molar-refractivity contribution in [3.05, 3.63) is 18.2 Å². The first-order valence-electron chi connectivity index (χ1n) is 3.47.